The second kappa shape index (κ2) is 5.20. The number of pyridine rings is 1. The fourth-order valence-electron chi connectivity index (χ4n) is 1.52. The van der Waals surface area contributed by atoms with Crippen molar-refractivity contribution in [3.63, 3.8) is 0 Å². The number of rotatable bonds is 4. The van der Waals surface area contributed by atoms with E-state index in [2.05, 4.69) is 31.1 Å². The van der Waals surface area contributed by atoms with Gasteiger partial charge in [0.2, 0.25) is 0 Å². The molecule has 0 aliphatic carbocycles. The van der Waals surface area contributed by atoms with Gasteiger partial charge >= 0.3 is 0 Å². The van der Waals surface area contributed by atoms with Crippen molar-refractivity contribution >= 4 is 17.3 Å². The van der Waals surface area contributed by atoms with Crippen LogP contribution in [0.15, 0.2) is 18.5 Å². The van der Waals surface area contributed by atoms with Crippen molar-refractivity contribution in [2.75, 3.05) is 5.32 Å². The molecule has 1 heterocycles. The van der Waals surface area contributed by atoms with Gasteiger partial charge in [-0.15, -0.1) is 0 Å². The molecule has 0 bridgehead atoms. The minimum Gasteiger partial charge on any atom is -0.381 e. The average molecular weight is 213 g/mol. The molecule has 1 rings (SSSR count). The molecule has 0 aliphatic heterocycles. The molecule has 1 aromatic rings. The van der Waals surface area contributed by atoms with Gasteiger partial charge in [-0.25, -0.2) is 0 Å². The lowest BCUT2D eigenvalue weighted by molar-refractivity contribution is 0.540. The summed E-state index contributed by atoms with van der Waals surface area (Å²) in [5.74, 6) is 0.693. The quantitative estimate of drug-likeness (QED) is 0.825. The van der Waals surface area contributed by atoms with Crippen molar-refractivity contribution in [1.29, 1.82) is 0 Å². The molecule has 0 aromatic carbocycles. The van der Waals surface area contributed by atoms with Crippen molar-refractivity contribution in [3.05, 3.63) is 23.5 Å². The molecule has 2 nitrogen and oxygen atoms in total. The molecule has 1 atom stereocenters. The zero-order chi connectivity index (χ0) is 10.6. The standard InChI is InChI=1S/C11H17ClN2/c1-8(2)6-9(3)14-11-4-5-13-7-10(11)12/h4-5,7-9H,6H2,1-3H3,(H,13,14). The lowest BCUT2D eigenvalue weighted by Crippen LogP contribution is -2.17. The van der Waals surface area contributed by atoms with E-state index < -0.39 is 0 Å². The van der Waals surface area contributed by atoms with Crippen molar-refractivity contribution < 1.29 is 0 Å². The van der Waals surface area contributed by atoms with E-state index in [1.54, 1.807) is 12.4 Å². The minimum absolute atomic E-state index is 0.440. The first-order valence-electron chi connectivity index (χ1n) is 4.95. The Bertz CT molecular complexity index is 286. The van der Waals surface area contributed by atoms with Crippen LogP contribution in [-0.2, 0) is 0 Å². The van der Waals surface area contributed by atoms with Crippen molar-refractivity contribution in [2.45, 2.75) is 33.2 Å². The Hall–Kier alpha value is -0.760. The van der Waals surface area contributed by atoms with Gasteiger partial charge in [0.05, 0.1) is 10.7 Å². The lowest BCUT2D eigenvalue weighted by Gasteiger charge is -2.17. The predicted octanol–water partition coefficient (Wildman–Crippen LogP) is 3.58. The van der Waals surface area contributed by atoms with E-state index in [0.29, 0.717) is 17.0 Å². The molecule has 1 N–H and O–H groups in total. The molecule has 0 aliphatic rings. The largest absolute Gasteiger partial charge is 0.381 e. The van der Waals surface area contributed by atoms with Crippen LogP contribution in [0.5, 0.6) is 0 Å². The van der Waals surface area contributed by atoms with E-state index in [0.717, 1.165) is 12.1 Å². The van der Waals surface area contributed by atoms with Crippen molar-refractivity contribution in [1.82, 2.24) is 4.98 Å². The summed E-state index contributed by atoms with van der Waals surface area (Å²) in [6.07, 6.45) is 4.54. The number of anilines is 1. The van der Waals surface area contributed by atoms with Gasteiger partial charge in [-0.1, -0.05) is 25.4 Å². The van der Waals surface area contributed by atoms with E-state index in [9.17, 15) is 0 Å². The summed E-state index contributed by atoms with van der Waals surface area (Å²) in [4.78, 5) is 3.94. The second-order valence-corrected chi connectivity index (χ2v) is 4.44. The number of aromatic nitrogens is 1. The van der Waals surface area contributed by atoms with Crippen LogP contribution in [0.2, 0.25) is 5.02 Å². The Morgan fingerprint density at radius 3 is 2.71 bits per heavy atom. The molecule has 0 amide bonds. The molecule has 1 unspecified atom stereocenters. The monoisotopic (exact) mass is 212 g/mol. The highest BCUT2D eigenvalue weighted by Crippen LogP contribution is 2.21. The number of nitrogens with one attached hydrogen (secondary N) is 1. The Kier molecular flexibility index (Phi) is 4.21. The first-order chi connectivity index (χ1) is 6.59. The summed E-state index contributed by atoms with van der Waals surface area (Å²) in [6.45, 7) is 6.59. The third-order valence-electron chi connectivity index (χ3n) is 2.00. The van der Waals surface area contributed by atoms with Crippen LogP contribution in [0.3, 0.4) is 0 Å². The van der Waals surface area contributed by atoms with E-state index >= 15 is 0 Å². The maximum atomic E-state index is 5.98. The van der Waals surface area contributed by atoms with Gasteiger partial charge in [-0.3, -0.25) is 4.98 Å². The van der Waals surface area contributed by atoms with Gasteiger partial charge in [0.15, 0.2) is 0 Å². The second-order valence-electron chi connectivity index (χ2n) is 4.03. The molecular formula is C11H17ClN2. The highest BCUT2D eigenvalue weighted by molar-refractivity contribution is 6.33. The van der Waals surface area contributed by atoms with Crippen LogP contribution in [0.4, 0.5) is 5.69 Å². The molecule has 0 saturated carbocycles. The average Bonchev–Trinajstić information content (AvgIpc) is 2.07. The van der Waals surface area contributed by atoms with Crippen molar-refractivity contribution in [2.24, 2.45) is 5.92 Å². The van der Waals surface area contributed by atoms with Gasteiger partial charge in [0, 0.05) is 18.4 Å². The van der Waals surface area contributed by atoms with Gasteiger partial charge in [-0.2, -0.15) is 0 Å². The molecule has 0 radical (unpaired) electrons. The highest BCUT2D eigenvalue weighted by atomic mass is 35.5. The van der Waals surface area contributed by atoms with E-state index in [-0.39, 0.29) is 0 Å². The zero-order valence-electron chi connectivity index (χ0n) is 8.92. The molecule has 0 fully saturated rings. The van der Waals surface area contributed by atoms with Gasteiger partial charge < -0.3 is 5.32 Å². The first-order valence-corrected chi connectivity index (χ1v) is 5.33. The van der Waals surface area contributed by atoms with Crippen molar-refractivity contribution in [3.8, 4) is 0 Å². The molecule has 0 spiro atoms. The van der Waals surface area contributed by atoms with E-state index in [1.165, 1.54) is 0 Å². The predicted molar refractivity (Wildman–Crippen MR) is 61.8 cm³/mol. The van der Waals surface area contributed by atoms with Gasteiger partial charge in [0.1, 0.15) is 0 Å². The maximum Gasteiger partial charge on any atom is 0.0820 e. The minimum atomic E-state index is 0.440. The molecule has 3 heteroatoms. The van der Waals surface area contributed by atoms with Crippen LogP contribution < -0.4 is 5.32 Å². The zero-order valence-corrected chi connectivity index (χ0v) is 9.67. The fourth-order valence-corrected chi connectivity index (χ4v) is 1.70. The molecular weight excluding hydrogens is 196 g/mol. The molecule has 0 saturated heterocycles. The lowest BCUT2D eigenvalue weighted by atomic mass is 10.1. The number of hydrogen-bond acceptors (Lipinski definition) is 2. The molecule has 14 heavy (non-hydrogen) atoms. The first kappa shape index (κ1) is 11.3. The third-order valence-corrected chi connectivity index (χ3v) is 2.30. The summed E-state index contributed by atoms with van der Waals surface area (Å²) < 4.78 is 0. The summed E-state index contributed by atoms with van der Waals surface area (Å²) in [6, 6.07) is 2.34. The summed E-state index contributed by atoms with van der Waals surface area (Å²) in [5, 5.41) is 4.05. The molecule has 78 valence electrons. The van der Waals surface area contributed by atoms with Crippen LogP contribution in [0, 0.1) is 5.92 Å². The van der Waals surface area contributed by atoms with Gasteiger partial charge in [0.25, 0.3) is 0 Å². The Balaban J connectivity index is 2.56. The Morgan fingerprint density at radius 1 is 1.43 bits per heavy atom. The number of halogens is 1. The molecule has 1 aromatic heterocycles. The summed E-state index contributed by atoms with van der Waals surface area (Å²) in [5.41, 5.74) is 0.967. The maximum absolute atomic E-state index is 5.98. The van der Waals surface area contributed by atoms with E-state index in [4.69, 9.17) is 11.6 Å². The van der Waals surface area contributed by atoms with Crippen LogP contribution >= 0.6 is 11.6 Å². The van der Waals surface area contributed by atoms with E-state index in [1.807, 2.05) is 6.07 Å². The Labute approximate surface area is 90.7 Å². The summed E-state index contributed by atoms with van der Waals surface area (Å²) in [7, 11) is 0. The fraction of sp³-hybridized carbons (Fsp3) is 0.545. The Morgan fingerprint density at radius 2 is 2.14 bits per heavy atom. The van der Waals surface area contributed by atoms with Gasteiger partial charge in [-0.05, 0) is 25.3 Å². The smallest absolute Gasteiger partial charge is 0.0820 e. The normalized spacial score (nSPS) is 12.9. The van der Waals surface area contributed by atoms with Crippen LogP contribution in [0.25, 0.3) is 0 Å². The van der Waals surface area contributed by atoms with Crippen LogP contribution in [0.1, 0.15) is 27.2 Å². The topological polar surface area (TPSA) is 24.9 Å². The van der Waals surface area contributed by atoms with Crippen LogP contribution in [-0.4, -0.2) is 11.0 Å². The SMILES string of the molecule is CC(C)CC(C)Nc1ccncc1Cl. The number of nitrogens with zero attached hydrogens (tertiary/aromatic N) is 1. The summed E-state index contributed by atoms with van der Waals surface area (Å²) >= 11 is 5.98. The third kappa shape index (κ3) is 3.54. The number of hydrogen-bond donors (Lipinski definition) is 1. The highest BCUT2D eigenvalue weighted by Gasteiger charge is 2.06.